The van der Waals surface area contributed by atoms with Crippen molar-refractivity contribution in [3.8, 4) is 17.2 Å². The van der Waals surface area contributed by atoms with Crippen molar-refractivity contribution in [1.82, 2.24) is 9.88 Å². The van der Waals surface area contributed by atoms with Crippen LogP contribution in [0.2, 0.25) is 0 Å². The molecule has 30 heavy (non-hydrogen) atoms. The van der Waals surface area contributed by atoms with Gasteiger partial charge in [0, 0.05) is 36.7 Å². The number of hydrogen-bond acceptors (Lipinski definition) is 4. The molecule has 0 unspecified atom stereocenters. The molecule has 6 heteroatoms. The lowest BCUT2D eigenvalue weighted by Crippen LogP contribution is -2.41. The van der Waals surface area contributed by atoms with Gasteiger partial charge in [0.1, 0.15) is 18.5 Å². The number of methoxy groups -OCH3 is 1. The molecule has 0 amide bonds. The van der Waals surface area contributed by atoms with Crippen molar-refractivity contribution in [1.29, 1.82) is 0 Å². The quantitative estimate of drug-likeness (QED) is 0.678. The molecule has 1 saturated carbocycles. The molecule has 2 heterocycles. The number of fused-ring (bicyclic) bond motifs is 2. The average Bonchev–Trinajstić information content (AvgIpc) is 3.36. The molecule has 2 aliphatic rings. The van der Waals surface area contributed by atoms with Crippen LogP contribution in [-0.2, 0) is 7.05 Å². The highest BCUT2D eigenvalue weighted by atomic mass is 19.1. The Bertz CT molecular complexity index is 1050. The minimum absolute atomic E-state index is 0.0560. The first kappa shape index (κ1) is 19.2. The summed E-state index contributed by atoms with van der Waals surface area (Å²) in [5, 5.41) is 4.70. The van der Waals surface area contributed by atoms with E-state index >= 15 is 0 Å². The van der Waals surface area contributed by atoms with Crippen molar-refractivity contribution in [2.24, 2.45) is 7.05 Å². The van der Waals surface area contributed by atoms with Crippen LogP contribution in [0, 0.1) is 5.82 Å². The predicted octanol–water partition coefficient (Wildman–Crippen LogP) is 4.39. The number of hydrogen-bond donors (Lipinski definition) is 1. The highest BCUT2D eigenvalue weighted by molar-refractivity contribution is 5.84. The Morgan fingerprint density at radius 1 is 1.23 bits per heavy atom. The number of ether oxygens (including phenoxy) is 3. The third-order valence-corrected chi connectivity index (χ3v) is 6.36. The van der Waals surface area contributed by atoms with Crippen molar-refractivity contribution in [2.75, 3.05) is 20.3 Å². The highest BCUT2D eigenvalue weighted by Crippen LogP contribution is 2.41. The van der Waals surface area contributed by atoms with Gasteiger partial charge in [-0.25, -0.2) is 4.39 Å². The second-order valence-electron chi connectivity index (χ2n) is 8.31. The van der Waals surface area contributed by atoms with Gasteiger partial charge in [0.05, 0.1) is 7.11 Å². The van der Waals surface area contributed by atoms with Crippen LogP contribution >= 0.6 is 0 Å². The normalized spacial score (nSPS) is 23.1. The van der Waals surface area contributed by atoms with Crippen LogP contribution in [-0.4, -0.2) is 37.0 Å². The number of aryl methyl sites for hydroxylation is 1. The molecule has 1 fully saturated rings. The van der Waals surface area contributed by atoms with Crippen LogP contribution in [0.5, 0.6) is 17.2 Å². The van der Waals surface area contributed by atoms with E-state index in [0.29, 0.717) is 30.1 Å². The van der Waals surface area contributed by atoms with Gasteiger partial charge in [0.15, 0.2) is 11.5 Å². The first-order valence-electron chi connectivity index (χ1n) is 10.6. The zero-order valence-electron chi connectivity index (χ0n) is 17.4. The fraction of sp³-hybridized carbons (Fsp3) is 0.417. The van der Waals surface area contributed by atoms with Gasteiger partial charge in [-0.3, -0.25) is 0 Å². The zero-order chi connectivity index (χ0) is 20.7. The molecule has 1 N–H and O–H groups in total. The summed E-state index contributed by atoms with van der Waals surface area (Å²) in [6, 6.07) is 11.2. The molecule has 2 aromatic carbocycles. The standard InChI is InChI=1S/C24H27FN2O3/c1-27-13-20(19-11-16(25)7-9-21(19)27)15-6-8-17(10-15)26-12-18-14-29-23-5-3-4-22(28-2)24(23)30-18/h3-5,7,9,11,13,15,17-18,26H,6,8,10,12,14H2,1-2H3/t15-,17-,18-/m0/s1. The predicted molar refractivity (Wildman–Crippen MR) is 114 cm³/mol. The molecule has 0 saturated heterocycles. The fourth-order valence-electron chi connectivity index (χ4n) is 4.84. The van der Waals surface area contributed by atoms with Crippen LogP contribution in [0.25, 0.3) is 10.9 Å². The van der Waals surface area contributed by atoms with Gasteiger partial charge in [-0.15, -0.1) is 0 Å². The molecule has 1 aliphatic carbocycles. The van der Waals surface area contributed by atoms with Gasteiger partial charge < -0.3 is 24.1 Å². The first-order chi connectivity index (χ1) is 14.6. The summed E-state index contributed by atoms with van der Waals surface area (Å²) in [5.74, 6) is 2.38. The van der Waals surface area contributed by atoms with E-state index in [4.69, 9.17) is 14.2 Å². The summed E-state index contributed by atoms with van der Waals surface area (Å²) in [6.07, 6.45) is 5.36. The maximum absolute atomic E-state index is 13.8. The van der Waals surface area contributed by atoms with E-state index < -0.39 is 0 Å². The Morgan fingerprint density at radius 2 is 2.13 bits per heavy atom. The monoisotopic (exact) mass is 410 g/mol. The van der Waals surface area contributed by atoms with Gasteiger partial charge in [0.25, 0.3) is 0 Å². The first-order valence-corrected chi connectivity index (χ1v) is 10.6. The maximum Gasteiger partial charge on any atom is 0.204 e. The fourth-order valence-corrected chi connectivity index (χ4v) is 4.84. The molecule has 0 radical (unpaired) electrons. The Kier molecular flexibility index (Phi) is 5.03. The maximum atomic E-state index is 13.8. The van der Waals surface area contributed by atoms with Gasteiger partial charge >= 0.3 is 0 Å². The second kappa shape index (κ2) is 7.84. The molecule has 3 atom stereocenters. The SMILES string of the molecule is COc1cccc2c1O[C@@H](CN[C@H]1CC[C@H](c3cn(C)c4ccc(F)cc34)C1)CO2. The number of benzene rings is 2. The van der Waals surface area contributed by atoms with Gasteiger partial charge in [-0.1, -0.05) is 6.07 Å². The van der Waals surface area contributed by atoms with Crippen molar-refractivity contribution in [2.45, 2.75) is 37.3 Å². The second-order valence-corrected chi connectivity index (χ2v) is 8.31. The summed E-state index contributed by atoms with van der Waals surface area (Å²) in [4.78, 5) is 0. The molecule has 1 aliphatic heterocycles. The minimum atomic E-state index is -0.173. The molecule has 1 aromatic heterocycles. The van der Waals surface area contributed by atoms with Crippen molar-refractivity contribution in [3.05, 3.63) is 54.0 Å². The highest BCUT2D eigenvalue weighted by Gasteiger charge is 2.30. The summed E-state index contributed by atoms with van der Waals surface area (Å²) < 4.78 is 33.3. The zero-order valence-corrected chi connectivity index (χ0v) is 17.4. The van der Waals surface area contributed by atoms with Crippen LogP contribution < -0.4 is 19.5 Å². The van der Waals surface area contributed by atoms with E-state index in [1.807, 2.05) is 31.3 Å². The largest absolute Gasteiger partial charge is 0.493 e. The smallest absolute Gasteiger partial charge is 0.204 e. The van der Waals surface area contributed by atoms with Gasteiger partial charge in [-0.2, -0.15) is 0 Å². The van der Waals surface area contributed by atoms with E-state index in [9.17, 15) is 4.39 Å². The molecular weight excluding hydrogens is 383 g/mol. The number of aromatic nitrogens is 1. The number of nitrogens with one attached hydrogen (secondary N) is 1. The molecule has 0 bridgehead atoms. The number of para-hydroxylation sites is 1. The Morgan fingerprint density at radius 3 is 3.00 bits per heavy atom. The minimum Gasteiger partial charge on any atom is -0.493 e. The van der Waals surface area contributed by atoms with Crippen LogP contribution in [0.15, 0.2) is 42.6 Å². The lowest BCUT2D eigenvalue weighted by molar-refractivity contribution is 0.0844. The number of nitrogens with zero attached hydrogens (tertiary/aromatic N) is 1. The average molecular weight is 410 g/mol. The van der Waals surface area contributed by atoms with Crippen LogP contribution in [0.4, 0.5) is 4.39 Å². The van der Waals surface area contributed by atoms with Gasteiger partial charge in [-0.05, 0) is 61.1 Å². The molecule has 158 valence electrons. The van der Waals surface area contributed by atoms with Crippen LogP contribution in [0.3, 0.4) is 0 Å². The van der Waals surface area contributed by atoms with Crippen LogP contribution in [0.1, 0.15) is 30.7 Å². The Balaban J connectivity index is 1.22. The lowest BCUT2D eigenvalue weighted by Gasteiger charge is -2.28. The molecule has 3 aromatic rings. The molecular formula is C24H27FN2O3. The third kappa shape index (κ3) is 3.49. The lowest BCUT2D eigenvalue weighted by atomic mass is 9.97. The van der Waals surface area contributed by atoms with Crippen molar-refractivity contribution < 1.29 is 18.6 Å². The molecule has 0 spiro atoms. The number of rotatable bonds is 5. The van der Waals surface area contributed by atoms with E-state index in [-0.39, 0.29) is 11.9 Å². The van der Waals surface area contributed by atoms with E-state index in [0.717, 1.165) is 42.5 Å². The van der Waals surface area contributed by atoms with E-state index in [1.54, 1.807) is 13.2 Å². The Labute approximate surface area is 175 Å². The Hall–Kier alpha value is -2.73. The third-order valence-electron chi connectivity index (χ3n) is 6.36. The van der Waals surface area contributed by atoms with Gasteiger partial charge in [0.2, 0.25) is 5.75 Å². The summed E-state index contributed by atoms with van der Waals surface area (Å²) in [5.41, 5.74) is 2.34. The number of halogens is 1. The molecule has 5 rings (SSSR count). The van der Waals surface area contributed by atoms with Crippen molar-refractivity contribution in [3.63, 3.8) is 0 Å². The van der Waals surface area contributed by atoms with E-state index in [1.165, 1.54) is 11.6 Å². The van der Waals surface area contributed by atoms with E-state index in [2.05, 4.69) is 16.1 Å². The van der Waals surface area contributed by atoms with Crippen molar-refractivity contribution >= 4 is 10.9 Å². The summed E-state index contributed by atoms with van der Waals surface area (Å²) in [6.45, 7) is 1.24. The summed E-state index contributed by atoms with van der Waals surface area (Å²) in [7, 11) is 3.67. The topological polar surface area (TPSA) is 44.7 Å². The summed E-state index contributed by atoms with van der Waals surface area (Å²) >= 11 is 0. The molecule has 5 nitrogen and oxygen atoms in total.